The highest BCUT2D eigenvalue weighted by molar-refractivity contribution is 5.55. The van der Waals surface area contributed by atoms with E-state index in [1.807, 2.05) is 19.1 Å². The maximum Gasteiger partial charge on any atom is 0.163 e. The monoisotopic (exact) mass is 259 g/mol. The molecular formula is C16H21NO2. The van der Waals surface area contributed by atoms with Crippen LogP contribution in [-0.2, 0) is 0 Å². The molecule has 3 atom stereocenters. The van der Waals surface area contributed by atoms with Crippen molar-refractivity contribution < 1.29 is 9.47 Å². The second-order valence-corrected chi connectivity index (χ2v) is 5.29. The zero-order valence-corrected chi connectivity index (χ0v) is 11.6. The first kappa shape index (κ1) is 12.4. The Kier molecular flexibility index (Phi) is 3.36. The van der Waals surface area contributed by atoms with Gasteiger partial charge in [0.15, 0.2) is 11.5 Å². The third-order valence-electron chi connectivity index (χ3n) is 4.18. The molecule has 0 spiro atoms. The number of ether oxygens (including phenoxy) is 2. The fraction of sp³-hybridized carbons (Fsp3) is 0.500. The molecule has 1 saturated carbocycles. The normalized spacial score (nSPS) is 27.6. The Morgan fingerprint density at radius 1 is 1.32 bits per heavy atom. The van der Waals surface area contributed by atoms with E-state index in [4.69, 9.17) is 9.47 Å². The number of fused-ring (bicyclic) bond motifs is 1. The van der Waals surface area contributed by atoms with Gasteiger partial charge in [-0.3, -0.25) is 0 Å². The van der Waals surface area contributed by atoms with E-state index in [1.165, 1.54) is 12.8 Å². The van der Waals surface area contributed by atoms with Crippen LogP contribution in [0.2, 0.25) is 0 Å². The van der Waals surface area contributed by atoms with Crippen molar-refractivity contribution in [3.63, 3.8) is 0 Å². The largest absolute Gasteiger partial charge is 0.493 e. The van der Waals surface area contributed by atoms with E-state index < -0.39 is 0 Å². The van der Waals surface area contributed by atoms with Gasteiger partial charge in [-0.05, 0) is 37.8 Å². The van der Waals surface area contributed by atoms with Crippen LogP contribution >= 0.6 is 0 Å². The Hall–Kier alpha value is -1.64. The first-order valence-corrected chi connectivity index (χ1v) is 7.06. The van der Waals surface area contributed by atoms with E-state index >= 15 is 0 Å². The Morgan fingerprint density at radius 2 is 2.21 bits per heavy atom. The van der Waals surface area contributed by atoms with Crippen molar-refractivity contribution in [1.29, 1.82) is 0 Å². The van der Waals surface area contributed by atoms with E-state index in [0.29, 0.717) is 12.6 Å². The Morgan fingerprint density at radius 3 is 2.95 bits per heavy atom. The van der Waals surface area contributed by atoms with Crippen LogP contribution in [0.5, 0.6) is 11.5 Å². The molecule has 2 aliphatic rings. The molecule has 1 aromatic carbocycles. The summed E-state index contributed by atoms with van der Waals surface area (Å²) in [7, 11) is 1.67. The molecular weight excluding hydrogens is 238 g/mol. The zero-order chi connectivity index (χ0) is 13.2. The third kappa shape index (κ3) is 2.29. The van der Waals surface area contributed by atoms with E-state index in [1.54, 1.807) is 7.11 Å². The zero-order valence-electron chi connectivity index (χ0n) is 11.6. The predicted molar refractivity (Wildman–Crippen MR) is 76.9 cm³/mol. The van der Waals surface area contributed by atoms with Gasteiger partial charge in [0.25, 0.3) is 0 Å². The van der Waals surface area contributed by atoms with Crippen molar-refractivity contribution in [3.05, 3.63) is 30.4 Å². The topological polar surface area (TPSA) is 30.5 Å². The standard InChI is InChI=1S/C16H21NO2/c1-3-19-16-10-12(7-8-15(16)18-2)17-14-9-11-5-4-6-13(11)14/h4,6-8,10-11,13-14,17H,3,5,9H2,1-2H3. The van der Waals surface area contributed by atoms with Gasteiger partial charge in [-0.25, -0.2) is 0 Å². The smallest absolute Gasteiger partial charge is 0.163 e. The number of anilines is 1. The van der Waals surface area contributed by atoms with E-state index in [-0.39, 0.29) is 0 Å². The number of hydrogen-bond donors (Lipinski definition) is 1. The summed E-state index contributed by atoms with van der Waals surface area (Å²) in [6.45, 7) is 2.63. The molecule has 19 heavy (non-hydrogen) atoms. The first-order valence-electron chi connectivity index (χ1n) is 7.06. The molecule has 0 aromatic heterocycles. The summed E-state index contributed by atoms with van der Waals surface area (Å²) in [6, 6.07) is 6.64. The van der Waals surface area contributed by atoms with Gasteiger partial charge in [0.05, 0.1) is 13.7 Å². The van der Waals surface area contributed by atoms with Gasteiger partial charge in [0, 0.05) is 23.7 Å². The lowest BCUT2D eigenvalue weighted by Crippen LogP contribution is -2.43. The third-order valence-corrected chi connectivity index (χ3v) is 4.18. The van der Waals surface area contributed by atoms with Crippen molar-refractivity contribution >= 4 is 5.69 Å². The van der Waals surface area contributed by atoms with Crippen molar-refractivity contribution in [3.8, 4) is 11.5 Å². The molecule has 102 valence electrons. The van der Waals surface area contributed by atoms with Crippen molar-refractivity contribution in [1.82, 2.24) is 0 Å². The minimum absolute atomic E-state index is 0.576. The molecule has 0 aliphatic heterocycles. The summed E-state index contributed by atoms with van der Waals surface area (Å²) in [5, 5.41) is 3.61. The Balaban J connectivity index is 1.70. The van der Waals surface area contributed by atoms with Crippen molar-refractivity contribution in [2.45, 2.75) is 25.8 Å². The number of methoxy groups -OCH3 is 1. The number of rotatable bonds is 5. The van der Waals surface area contributed by atoms with Gasteiger partial charge >= 0.3 is 0 Å². The van der Waals surface area contributed by atoms with Crippen LogP contribution in [0.25, 0.3) is 0 Å². The number of nitrogens with one attached hydrogen (secondary N) is 1. The highest BCUT2D eigenvalue weighted by atomic mass is 16.5. The van der Waals surface area contributed by atoms with E-state index in [0.717, 1.165) is 29.0 Å². The molecule has 0 bridgehead atoms. The maximum absolute atomic E-state index is 5.61. The van der Waals surface area contributed by atoms with Gasteiger partial charge in [-0.2, -0.15) is 0 Å². The molecule has 0 heterocycles. The Labute approximate surface area is 114 Å². The average Bonchev–Trinajstić information content (AvgIpc) is 2.78. The summed E-state index contributed by atoms with van der Waals surface area (Å²) in [4.78, 5) is 0. The van der Waals surface area contributed by atoms with Gasteiger partial charge in [-0.15, -0.1) is 0 Å². The number of allylic oxidation sites excluding steroid dienone is 1. The van der Waals surface area contributed by atoms with Crippen LogP contribution in [0.3, 0.4) is 0 Å². The fourth-order valence-electron chi connectivity index (χ4n) is 3.13. The maximum atomic E-state index is 5.61. The second kappa shape index (κ2) is 5.16. The molecule has 0 amide bonds. The van der Waals surface area contributed by atoms with Gasteiger partial charge in [-0.1, -0.05) is 12.2 Å². The van der Waals surface area contributed by atoms with Crippen LogP contribution in [0.1, 0.15) is 19.8 Å². The molecule has 1 fully saturated rings. The van der Waals surface area contributed by atoms with Gasteiger partial charge in [0.2, 0.25) is 0 Å². The first-order chi connectivity index (χ1) is 9.31. The molecule has 3 nitrogen and oxygen atoms in total. The predicted octanol–water partition coefficient (Wildman–Crippen LogP) is 3.47. The highest BCUT2D eigenvalue weighted by Gasteiger charge is 2.40. The lowest BCUT2D eigenvalue weighted by atomic mass is 9.71. The molecule has 0 radical (unpaired) electrons. The molecule has 1 N–H and O–H groups in total. The minimum Gasteiger partial charge on any atom is -0.493 e. The molecule has 3 heteroatoms. The summed E-state index contributed by atoms with van der Waals surface area (Å²) in [5.74, 6) is 3.20. The lowest BCUT2D eigenvalue weighted by Gasteiger charge is -2.41. The van der Waals surface area contributed by atoms with Crippen LogP contribution in [0.4, 0.5) is 5.69 Å². The lowest BCUT2D eigenvalue weighted by molar-refractivity contribution is 0.218. The Bertz CT molecular complexity index is 484. The number of hydrogen-bond acceptors (Lipinski definition) is 3. The highest BCUT2D eigenvalue weighted by Crippen LogP contribution is 2.44. The fourth-order valence-corrected chi connectivity index (χ4v) is 3.13. The van der Waals surface area contributed by atoms with E-state index in [9.17, 15) is 0 Å². The van der Waals surface area contributed by atoms with Crippen LogP contribution in [0.15, 0.2) is 30.4 Å². The van der Waals surface area contributed by atoms with Gasteiger partial charge < -0.3 is 14.8 Å². The molecule has 0 saturated heterocycles. The van der Waals surface area contributed by atoms with E-state index in [2.05, 4.69) is 23.5 Å². The second-order valence-electron chi connectivity index (χ2n) is 5.29. The van der Waals surface area contributed by atoms with Crippen molar-refractivity contribution in [2.24, 2.45) is 11.8 Å². The van der Waals surface area contributed by atoms with Crippen LogP contribution in [-0.4, -0.2) is 19.8 Å². The van der Waals surface area contributed by atoms with Crippen LogP contribution in [0, 0.1) is 11.8 Å². The molecule has 3 unspecified atom stereocenters. The SMILES string of the molecule is CCOc1cc(NC2CC3CC=CC32)ccc1OC. The summed E-state index contributed by atoms with van der Waals surface area (Å²) < 4.78 is 10.9. The summed E-state index contributed by atoms with van der Waals surface area (Å²) in [5.41, 5.74) is 1.12. The molecule has 1 aromatic rings. The summed E-state index contributed by atoms with van der Waals surface area (Å²) in [6.07, 6.45) is 7.21. The van der Waals surface area contributed by atoms with Gasteiger partial charge in [0.1, 0.15) is 0 Å². The minimum atomic E-state index is 0.576. The molecule has 2 aliphatic carbocycles. The van der Waals surface area contributed by atoms with Crippen molar-refractivity contribution in [2.75, 3.05) is 19.0 Å². The average molecular weight is 259 g/mol. The van der Waals surface area contributed by atoms with Crippen LogP contribution < -0.4 is 14.8 Å². The summed E-state index contributed by atoms with van der Waals surface area (Å²) >= 11 is 0. The molecule has 3 rings (SSSR count). The quantitative estimate of drug-likeness (QED) is 0.821. The number of benzene rings is 1.